The van der Waals surface area contributed by atoms with Crippen LogP contribution in [0.2, 0.25) is 0 Å². The fourth-order valence-corrected chi connectivity index (χ4v) is 3.17. The normalized spacial score (nSPS) is 13.3. The minimum atomic E-state index is -4.70. The van der Waals surface area contributed by atoms with Crippen LogP contribution < -0.4 is 4.74 Å². The fourth-order valence-electron chi connectivity index (χ4n) is 3.17. The molecule has 0 saturated carbocycles. The maximum absolute atomic E-state index is 13.3. The zero-order valence-corrected chi connectivity index (χ0v) is 17.7. The van der Waals surface area contributed by atoms with Crippen LogP contribution in [0.25, 0.3) is 10.8 Å². The van der Waals surface area contributed by atoms with Crippen molar-refractivity contribution in [2.45, 2.75) is 64.5 Å². The average molecular weight is 422 g/mol. The molecule has 2 aromatic carbocycles. The molecule has 0 aliphatic carbocycles. The van der Waals surface area contributed by atoms with Gasteiger partial charge in [0, 0.05) is 0 Å². The van der Waals surface area contributed by atoms with Crippen molar-refractivity contribution < 1.29 is 27.4 Å². The van der Waals surface area contributed by atoms with Crippen LogP contribution in [0.5, 0.6) is 5.75 Å². The van der Waals surface area contributed by atoms with E-state index in [1.807, 2.05) is 18.2 Å². The van der Waals surface area contributed by atoms with Gasteiger partial charge in [-0.1, -0.05) is 56.9 Å². The second-order valence-electron chi connectivity index (χ2n) is 7.38. The van der Waals surface area contributed by atoms with Crippen molar-refractivity contribution in [3.63, 3.8) is 0 Å². The van der Waals surface area contributed by atoms with Gasteiger partial charge in [0.2, 0.25) is 5.76 Å². The molecule has 0 amide bonds. The van der Waals surface area contributed by atoms with Gasteiger partial charge in [0.15, 0.2) is 0 Å². The van der Waals surface area contributed by atoms with E-state index in [1.54, 1.807) is 32.2 Å². The van der Waals surface area contributed by atoms with Crippen molar-refractivity contribution in [2.24, 2.45) is 0 Å². The van der Waals surface area contributed by atoms with Gasteiger partial charge in [-0.25, -0.2) is 0 Å². The van der Waals surface area contributed by atoms with Crippen LogP contribution in [0.3, 0.4) is 0 Å². The molecule has 1 atom stereocenters. The molecule has 0 unspecified atom stereocenters. The van der Waals surface area contributed by atoms with Gasteiger partial charge in [-0.3, -0.25) is 4.79 Å². The summed E-state index contributed by atoms with van der Waals surface area (Å²) in [6.07, 6.45) is 1.17. The number of esters is 1. The lowest BCUT2D eigenvalue weighted by molar-refractivity contribution is -0.161. The maximum Gasteiger partial charge on any atom is 0.449 e. The molecule has 0 bridgehead atoms. The van der Waals surface area contributed by atoms with Crippen molar-refractivity contribution in [3.8, 4) is 5.75 Å². The number of hydrogen-bond donors (Lipinski definition) is 0. The lowest BCUT2D eigenvalue weighted by Crippen LogP contribution is -2.21. The number of fused-ring (bicyclic) bond motifs is 1. The van der Waals surface area contributed by atoms with E-state index in [4.69, 9.17) is 9.47 Å². The number of hydrogen-bond acceptors (Lipinski definition) is 3. The summed E-state index contributed by atoms with van der Waals surface area (Å²) < 4.78 is 49.9. The Balaban J connectivity index is 2.07. The molecule has 2 aromatic rings. The van der Waals surface area contributed by atoms with E-state index in [-0.39, 0.29) is 6.42 Å². The summed E-state index contributed by atoms with van der Waals surface area (Å²) in [5.41, 5.74) is 0.596. The number of carbonyl (C=O) groups excluding carboxylic acids is 1. The molecule has 2 rings (SSSR count). The lowest BCUT2D eigenvalue weighted by Gasteiger charge is -2.16. The molecular formula is C24H29F3O3. The van der Waals surface area contributed by atoms with Crippen LogP contribution in [-0.2, 0) is 9.53 Å². The van der Waals surface area contributed by atoms with E-state index in [2.05, 4.69) is 6.92 Å². The summed E-state index contributed by atoms with van der Waals surface area (Å²) in [5.74, 6) is -2.26. The molecule has 0 aliphatic heterocycles. The highest BCUT2D eigenvalue weighted by Crippen LogP contribution is 2.31. The molecule has 164 valence electrons. The summed E-state index contributed by atoms with van der Waals surface area (Å²) in [5, 5.41) is 1.78. The van der Waals surface area contributed by atoms with Gasteiger partial charge in [0.1, 0.15) is 5.75 Å². The Morgan fingerprint density at radius 1 is 1.03 bits per heavy atom. The van der Waals surface area contributed by atoms with Crippen LogP contribution in [0, 0.1) is 0 Å². The first kappa shape index (κ1) is 23.8. The number of rotatable bonds is 10. The van der Waals surface area contributed by atoms with Gasteiger partial charge in [0.25, 0.3) is 0 Å². The number of allylic oxidation sites excluding steroid dienone is 2. The van der Waals surface area contributed by atoms with Crippen LogP contribution >= 0.6 is 0 Å². The van der Waals surface area contributed by atoms with Crippen LogP contribution in [0.1, 0.15) is 63.9 Å². The largest absolute Gasteiger partial charge is 0.497 e. The Morgan fingerprint density at radius 2 is 1.70 bits per heavy atom. The van der Waals surface area contributed by atoms with Gasteiger partial charge >= 0.3 is 12.1 Å². The number of carbonyl (C=O) groups is 1. The second kappa shape index (κ2) is 11.0. The highest BCUT2D eigenvalue weighted by molar-refractivity contribution is 5.87. The first-order valence-electron chi connectivity index (χ1n) is 10.3. The van der Waals surface area contributed by atoms with Gasteiger partial charge in [-0.15, -0.1) is 0 Å². The number of methoxy groups -OCH3 is 1. The number of halogens is 3. The molecule has 0 aromatic heterocycles. The van der Waals surface area contributed by atoms with E-state index in [1.165, 1.54) is 0 Å². The molecule has 0 saturated heterocycles. The monoisotopic (exact) mass is 422 g/mol. The average Bonchev–Trinajstić information content (AvgIpc) is 2.73. The third-order valence-electron chi connectivity index (χ3n) is 5.05. The quantitative estimate of drug-likeness (QED) is 0.229. The number of ether oxygens (including phenoxy) is 2. The molecule has 0 spiro atoms. The van der Waals surface area contributed by atoms with Gasteiger partial charge < -0.3 is 9.47 Å². The highest BCUT2D eigenvalue weighted by atomic mass is 19.4. The highest BCUT2D eigenvalue weighted by Gasteiger charge is 2.38. The molecule has 6 heteroatoms. The van der Waals surface area contributed by atoms with Crippen molar-refractivity contribution in [1.82, 2.24) is 0 Å². The maximum atomic E-state index is 13.3. The second-order valence-corrected chi connectivity index (χ2v) is 7.38. The van der Waals surface area contributed by atoms with Crippen molar-refractivity contribution >= 4 is 16.7 Å². The first-order chi connectivity index (χ1) is 14.3. The third kappa shape index (κ3) is 6.78. The summed E-state index contributed by atoms with van der Waals surface area (Å²) in [7, 11) is 1.57. The van der Waals surface area contributed by atoms with Crippen molar-refractivity contribution in [1.29, 1.82) is 0 Å². The van der Waals surface area contributed by atoms with Crippen LogP contribution in [0.4, 0.5) is 13.2 Å². The van der Waals surface area contributed by atoms with E-state index >= 15 is 0 Å². The number of benzene rings is 2. The molecular weight excluding hydrogens is 393 g/mol. The minimum Gasteiger partial charge on any atom is -0.497 e. The van der Waals surface area contributed by atoms with E-state index < -0.39 is 23.8 Å². The molecule has 3 nitrogen and oxygen atoms in total. The fraction of sp³-hybridized carbons (Fsp3) is 0.458. The number of unbranched alkanes of at least 4 members (excludes halogenated alkanes) is 5. The minimum absolute atomic E-state index is 0.234. The Bertz CT molecular complexity index is 872. The van der Waals surface area contributed by atoms with E-state index in [9.17, 15) is 18.0 Å². The predicted molar refractivity (Wildman–Crippen MR) is 113 cm³/mol. The smallest absolute Gasteiger partial charge is 0.449 e. The predicted octanol–water partition coefficient (Wildman–Crippen LogP) is 7.30. The van der Waals surface area contributed by atoms with E-state index in [0.29, 0.717) is 17.7 Å². The molecule has 0 N–H and O–H groups in total. The first-order valence-corrected chi connectivity index (χ1v) is 10.3. The molecule has 0 fully saturated rings. The number of alkyl halides is 3. The topological polar surface area (TPSA) is 35.5 Å². The Hall–Kier alpha value is -2.50. The van der Waals surface area contributed by atoms with Crippen LogP contribution in [-0.4, -0.2) is 19.3 Å². The third-order valence-corrected chi connectivity index (χ3v) is 5.05. The molecule has 30 heavy (non-hydrogen) atoms. The van der Waals surface area contributed by atoms with Gasteiger partial charge in [0.05, 0.1) is 13.0 Å². The van der Waals surface area contributed by atoms with Crippen LogP contribution in [0.15, 0.2) is 48.2 Å². The summed E-state index contributed by atoms with van der Waals surface area (Å²) in [4.78, 5) is 12.4. The zero-order chi connectivity index (χ0) is 22.1. The summed E-state index contributed by atoms with van der Waals surface area (Å²) >= 11 is 0. The van der Waals surface area contributed by atoms with Gasteiger partial charge in [-0.05, 0) is 54.3 Å². The van der Waals surface area contributed by atoms with Crippen molar-refractivity contribution in [2.75, 3.05) is 7.11 Å². The zero-order valence-electron chi connectivity index (χ0n) is 17.7. The Labute approximate surface area is 175 Å². The SMILES string of the molecule is CCCCCCC/C=C(/OC(=O)[C@@H](C)c1ccc2cc(OC)ccc2c1)C(F)(F)F. The van der Waals surface area contributed by atoms with Crippen molar-refractivity contribution in [3.05, 3.63) is 53.8 Å². The Kier molecular flexibility index (Phi) is 8.75. The molecule has 0 aliphatic rings. The van der Waals surface area contributed by atoms with E-state index in [0.717, 1.165) is 42.5 Å². The lowest BCUT2D eigenvalue weighted by atomic mass is 9.98. The van der Waals surface area contributed by atoms with Gasteiger partial charge in [-0.2, -0.15) is 13.2 Å². The molecule has 0 heterocycles. The Morgan fingerprint density at radius 3 is 2.37 bits per heavy atom. The summed E-state index contributed by atoms with van der Waals surface area (Å²) in [6, 6.07) is 10.8. The standard InChI is InChI=1S/C24H29F3O3/c1-4-5-6-7-8-9-10-22(24(25,26)27)30-23(28)17(2)18-11-12-20-16-21(29-3)14-13-19(20)15-18/h10-17H,4-9H2,1-3H3/b22-10+/t17-/m0/s1. The molecule has 0 radical (unpaired) electrons. The summed E-state index contributed by atoms with van der Waals surface area (Å²) in [6.45, 7) is 3.63.